The average molecular weight is 208 g/mol. The van der Waals surface area contributed by atoms with Gasteiger partial charge in [0.05, 0.1) is 12.4 Å². The summed E-state index contributed by atoms with van der Waals surface area (Å²) in [4.78, 5) is 3.84. The summed E-state index contributed by atoms with van der Waals surface area (Å²) >= 11 is 0. The van der Waals surface area contributed by atoms with Crippen LogP contribution in [0.2, 0.25) is 0 Å². The van der Waals surface area contributed by atoms with E-state index in [1.807, 2.05) is 10.9 Å². The second-order valence-electron chi connectivity index (χ2n) is 3.39. The lowest BCUT2D eigenvalue weighted by Crippen LogP contribution is -2.00. The molecular formula is C9H12N4O2. The number of hydrogen-bond acceptors (Lipinski definition) is 5. The molecule has 0 aliphatic heterocycles. The van der Waals surface area contributed by atoms with E-state index < -0.39 is 0 Å². The van der Waals surface area contributed by atoms with E-state index in [4.69, 9.17) is 4.74 Å². The molecule has 6 heteroatoms. The largest absolute Gasteiger partial charge is 0.482 e. The van der Waals surface area contributed by atoms with Gasteiger partial charge in [-0.2, -0.15) is 10.1 Å². The van der Waals surface area contributed by atoms with Gasteiger partial charge in [-0.25, -0.2) is 0 Å². The number of ether oxygens (including phenoxy) is 1. The van der Waals surface area contributed by atoms with Crippen molar-refractivity contribution >= 4 is 0 Å². The summed E-state index contributed by atoms with van der Waals surface area (Å²) < 4.78 is 11.8. The number of rotatable bonds is 4. The van der Waals surface area contributed by atoms with Gasteiger partial charge in [-0.3, -0.25) is 4.68 Å². The lowest BCUT2D eigenvalue weighted by molar-refractivity contribution is 0.286. The molecule has 2 rings (SSSR count). The Morgan fingerprint density at radius 1 is 1.53 bits per heavy atom. The first-order chi connectivity index (χ1) is 7.25. The van der Waals surface area contributed by atoms with Crippen LogP contribution in [0.25, 0.3) is 0 Å². The van der Waals surface area contributed by atoms with Crippen molar-refractivity contribution in [3.63, 3.8) is 0 Å². The lowest BCUT2D eigenvalue weighted by atomic mass is 10.4. The minimum atomic E-state index is 0.292. The van der Waals surface area contributed by atoms with Crippen molar-refractivity contribution in [3.05, 3.63) is 24.6 Å². The Morgan fingerprint density at radius 2 is 2.40 bits per heavy atom. The zero-order chi connectivity index (χ0) is 10.7. The number of hydrogen-bond donors (Lipinski definition) is 0. The highest BCUT2D eigenvalue weighted by molar-refractivity contribution is 5.12. The van der Waals surface area contributed by atoms with Crippen LogP contribution < -0.4 is 4.74 Å². The topological polar surface area (TPSA) is 66.0 Å². The summed E-state index contributed by atoms with van der Waals surface area (Å²) in [7, 11) is 0. The van der Waals surface area contributed by atoms with Gasteiger partial charge in [0.2, 0.25) is 12.2 Å². The molecule has 0 bridgehead atoms. The summed E-state index contributed by atoms with van der Waals surface area (Å²) in [6.45, 7) is 4.40. The van der Waals surface area contributed by atoms with E-state index in [9.17, 15) is 0 Å². The van der Waals surface area contributed by atoms with Crippen molar-refractivity contribution in [3.8, 4) is 5.75 Å². The SMILES string of the molecule is CC(C)n1cc(OCc2ncon2)cn1. The van der Waals surface area contributed by atoms with Gasteiger partial charge in [0.1, 0.15) is 0 Å². The summed E-state index contributed by atoms with van der Waals surface area (Å²) in [5.41, 5.74) is 0. The van der Waals surface area contributed by atoms with E-state index in [0.29, 0.717) is 24.2 Å². The smallest absolute Gasteiger partial charge is 0.213 e. The molecule has 0 unspecified atom stereocenters. The van der Waals surface area contributed by atoms with Gasteiger partial charge in [-0.05, 0) is 13.8 Å². The van der Waals surface area contributed by atoms with Crippen LogP contribution in [0.1, 0.15) is 25.7 Å². The summed E-state index contributed by atoms with van der Waals surface area (Å²) in [6.07, 6.45) is 4.78. The minimum Gasteiger partial charge on any atom is -0.482 e. The van der Waals surface area contributed by atoms with Gasteiger partial charge in [0, 0.05) is 6.04 Å². The van der Waals surface area contributed by atoms with Gasteiger partial charge in [0.15, 0.2) is 12.4 Å². The van der Waals surface area contributed by atoms with Crippen molar-refractivity contribution in [2.24, 2.45) is 0 Å². The second-order valence-corrected chi connectivity index (χ2v) is 3.39. The van der Waals surface area contributed by atoms with E-state index in [0.717, 1.165) is 0 Å². The van der Waals surface area contributed by atoms with Gasteiger partial charge < -0.3 is 9.26 Å². The van der Waals surface area contributed by atoms with Crippen LogP contribution in [0, 0.1) is 0 Å². The van der Waals surface area contributed by atoms with Gasteiger partial charge in [-0.1, -0.05) is 5.16 Å². The highest BCUT2D eigenvalue weighted by atomic mass is 16.5. The third-order valence-corrected chi connectivity index (χ3v) is 1.88. The molecule has 0 amide bonds. The van der Waals surface area contributed by atoms with E-state index in [-0.39, 0.29) is 0 Å². The molecule has 0 saturated carbocycles. The molecule has 0 N–H and O–H groups in total. The predicted octanol–water partition coefficient (Wildman–Crippen LogP) is 1.43. The van der Waals surface area contributed by atoms with Crippen molar-refractivity contribution in [1.29, 1.82) is 0 Å². The minimum absolute atomic E-state index is 0.292. The Balaban J connectivity index is 1.94. The van der Waals surface area contributed by atoms with Gasteiger partial charge in [-0.15, -0.1) is 0 Å². The van der Waals surface area contributed by atoms with Crippen LogP contribution in [-0.4, -0.2) is 19.9 Å². The van der Waals surface area contributed by atoms with Crippen LogP contribution in [0.15, 0.2) is 23.3 Å². The monoisotopic (exact) mass is 208 g/mol. The maximum absolute atomic E-state index is 5.41. The normalized spacial score (nSPS) is 10.9. The summed E-state index contributed by atoms with van der Waals surface area (Å²) in [6, 6.07) is 0.326. The standard InChI is InChI=1S/C9H12N4O2/c1-7(2)13-4-8(3-11-13)14-5-9-10-6-15-12-9/h3-4,6-7H,5H2,1-2H3. The molecule has 2 heterocycles. The van der Waals surface area contributed by atoms with E-state index in [2.05, 4.69) is 33.6 Å². The molecule has 0 aromatic carbocycles. The fourth-order valence-electron chi connectivity index (χ4n) is 1.08. The fraction of sp³-hybridized carbons (Fsp3) is 0.444. The fourth-order valence-corrected chi connectivity index (χ4v) is 1.08. The zero-order valence-electron chi connectivity index (χ0n) is 8.62. The molecule has 2 aromatic rings. The van der Waals surface area contributed by atoms with E-state index >= 15 is 0 Å². The molecule has 0 radical (unpaired) electrons. The van der Waals surface area contributed by atoms with Crippen LogP contribution >= 0.6 is 0 Å². The van der Waals surface area contributed by atoms with Crippen LogP contribution in [0.5, 0.6) is 5.75 Å². The first-order valence-electron chi connectivity index (χ1n) is 4.68. The van der Waals surface area contributed by atoms with Gasteiger partial charge in [0.25, 0.3) is 0 Å². The van der Waals surface area contributed by atoms with E-state index in [1.54, 1.807) is 6.20 Å². The summed E-state index contributed by atoms with van der Waals surface area (Å²) in [5.74, 6) is 1.22. The molecule has 2 aromatic heterocycles. The molecule has 6 nitrogen and oxygen atoms in total. The Bertz CT molecular complexity index is 407. The highest BCUT2D eigenvalue weighted by Gasteiger charge is 2.04. The van der Waals surface area contributed by atoms with Crippen LogP contribution in [-0.2, 0) is 6.61 Å². The highest BCUT2D eigenvalue weighted by Crippen LogP contribution is 2.13. The first kappa shape index (κ1) is 9.70. The molecule has 0 aliphatic rings. The maximum Gasteiger partial charge on any atom is 0.213 e. The number of nitrogens with zero attached hydrogens (tertiary/aromatic N) is 4. The molecule has 0 spiro atoms. The lowest BCUT2D eigenvalue weighted by Gasteiger charge is -2.03. The van der Waals surface area contributed by atoms with Crippen LogP contribution in [0.3, 0.4) is 0 Å². The van der Waals surface area contributed by atoms with Gasteiger partial charge >= 0.3 is 0 Å². The first-order valence-corrected chi connectivity index (χ1v) is 4.68. The van der Waals surface area contributed by atoms with Crippen molar-refractivity contribution in [2.45, 2.75) is 26.5 Å². The molecule has 0 atom stereocenters. The van der Waals surface area contributed by atoms with Crippen molar-refractivity contribution in [2.75, 3.05) is 0 Å². The Morgan fingerprint density at radius 3 is 3.00 bits per heavy atom. The number of aromatic nitrogens is 4. The molecule has 0 fully saturated rings. The quantitative estimate of drug-likeness (QED) is 0.760. The molecule has 0 saturated heterocycles. The predicted molar refractivity (Wildman–Crippen MR) is 51.2 cm³/mol. The van der Waals surface area contributed by atoms with Crippen LogP contribution in [0.4, 0.5) is 0 Å². The average Bonchev–Trinajstić information content (AvgIpc) is 2.86. The second kappa shape index (κ2) is 4.12. The third kappa shape index (κ3) is 2.34. The molecule has 0 aliphatic carbocycles. The summed E-state index contributed by atoms with van der Waals surface area (Å²) in [5, 5.41) is 7.78. The third-order valence-electron chi connectivity index (χ3n) is 1.88. The zero-order valence-corrected chi connectivity index (χ0v) is 8.62. The Hall–Kier alpha value is -1.85. The molecule has 80 valence electrons. The Labute approximate surface area is 86.9 Å². The molecular weight excluding hydrogens is 196 g/mol. The Kier molecular flexibility index (Phi) is 2.66. The van der Waals surface area contributed by atoms with Crippen molar-refractivity contribution in [1.82, 2.24) is 19.9 Å². The molecule has 15 heavy (non-hydrogen) atoms. The maximum atomic E-state index is 5.41. The van der Waals surface area contributed by atoms with Crippen molar-refractivity contribution < 1.29 is 9.26 Å². The van der Waals surface area contributed by atoms with E-state index in [1.165, 1.54) is 6.39 Å².